The number of benzene rings is 1. The smallest absolute Gasteiger partial charge is 0.222 e. The Labute approximate surface area is 157 Å². The number of nitrogens with zero attached hydrogens (tertiary/aromatic N) is 3. The number of phenols is 1. The molecular weight excluding hydrogens is 356 g/mol. The van der Waals surface area contributed by atoms with Crippen molar-refractivity contribution in [2.45, 2.75) is 25.8 Å². The van der Waals surface area contributed by atoms with Gasteiger partial charge in [0.05, 0.1) is 19.8 Å². The number of rotatable bonds is 4. The fourth-order valence-corrected chi connectivity index (χ4v) is 3.40. The third-order valence-electron chi connectivity index (χ3n) is 4.44. The third kappa shape index (κ3) is 3.78. The Hall–Kier alpha value is -2.25. The van der Waals surface area contributed by atoms with Gasteiger partial charge in [-0.25, -0.2) is 4.98 Å². The molecule has 1 aromatic heterocycles. The minimum atomic E-state index is -0.208. The summed E-state index contributed by atoms with van der Waals surface area (Å²) in [6, 6.07) is 4.96. The molecule has 0 radical (unpaired) electrons. The zero-order chi connectivity index (χ0) is 18.7. The van der Waals surface area contributed by atoms with Crippen LogP contribution in [0.4, 0.5) is 11.8 Å². The molecule has 0 spiro atoms. The van der Waals surface area contributed by atoms with Crippen molar-refractivity contribution in [3.8, 4) is 11.5 Å². The van der Waals surface area contributed by atoms with Crippen molar-refractivity contribution < 1.29 is 14.6 Å². The lowest BCUT2D eigenvalue weighted by molar-refractivity contribution is 0.134. The highest BCUT2D eigenvalue weighted by Gasteiger charge is 2.28. The second kappa shape index (κ2) is 7.97. The van der Waals surface area contributed by atoms with E-state index in [0.29, 0.717) is 24.0 Å². The Bertz CT molecular complexity index is 787. The van der Waals surface area contributed by atoms with Crippen molar-refractivity contribution in [1.29, 1.82) is 0 Å². The molecule has 1 atom stereocenters. The minimum Gasteiger partial charge on any atom is -0.504 e. The number of nitrogens with two attached hydrogens (primary N) is 1. The average molecular weight is 379 g/mol. The zero-order valence-electron chi connectivity index (χ0n) is 14.9. The highest BCUT2D eigenvalue weighted by molar-refractivity contribution is 6.31. The SMILES string of the molecule is CCc1cc(N2CCCOC[C@@H]2c2cc(O)c(OC)cc2Cl)nc(N)n1. The minimum absolute atomic E-state index is 0.0348. The number of aromatic hydroxyl groups is 1. The normalized spacial score (nSPS) is 17.8. The number of hydrogen-bond donors (Lipinski definition) is 2. The van der Waals surface area contributed by atoms with E-state index in [9.17, 15) is 5.11 Å². The second-order valence-corrected chi connectivity index (χ2v) is 6.52. The summed E-state index contributed by atoms with van der Waals surface area (Å²) in [4.78, 5) is 10.8. The number of methoxy groups -OCH3 is 1. The zero-order valence-corrected chi connectivity index (χ0v) is 15.7. The molecule has 26 heavy (non-hydrogen) atoms. The van der Waals surface area contributed by atoms with Crippen LogP contribution in [0.5, 0.6) is 11.5 Å². The maximum atomic E-state index is 10.2. The number of halogens is 1. The number of nitrogen functional groups attached to an aromatic ring is 1. The molecule has 3 rings (SSSR count). The van der Waals surface area contributed by atoms with E-state index in [1.54, 1.807) is 12.1 Å². The van der Waals surface area contributed by atoms with Gasteiger partial charge in [-0.15, -0.1) is 0 Å². The lowest BCUT2D eigenvalue weighted by atomic mass is 10.0. The van der Waals surface area contributed by atoms with Crippen LogP contribution in [-0.2, 0) is 11.2 Å². The van der Waals surface area contributed by atoms with Crippen LogP contribution in [0.15, 0.2) is 18.2 Å². The molecule has 7 nitrogen and oxygen atoms in total. The standard InChI is InChI=1S/C18H23ClN4O3/c1-3-11-7-17(22-18(20)21-11)23-5-4-6-26-10-14(23)12-8-15(24)16(25-2)9-13(12)19/h7-9,14,24H,3-6,10H2,1-2H3,(H2,20,21,22)/t14-/m1/s1. The average Bonchev–Trinajstić information content (AvgIpc) is 2.88. The summed E-state index contributed by atoms with van der Waals surface area (Å²) < 4.78 is 10.9. The molecule has 8 heteroatoms. The van der Waals surface area contributed by atoms with Crippen LogP contribution in [0.1, 0.15) is 30.6 Å². The molecule has 1 aliphatic rings. The van der Waals surface area contributed by atoms with Crippen LogP contribution >= 0.6 is 11.6 Å². The maximum Gasteiger partial charge on any atom is 0.222 e. The molecule has 2 aromatic rings. The van der Waals surface area contributed by atoms with Crippen LogP contribution in [-0.4, -0.2) is 41.9 Å². The number of hydrogen-bond acceptors (Lipinski definition) is 7. The highest BCUT2D eigenvalue weighted by atomic mass is 35.5. The molecule has 0 aliphatic carbocycles. The Balaban J connectivity index is 2.06. The van der Waals surface area contributed by atoms with E-state index in [4.69, 9.17) is 26.8 Å². The summed E-state index contributed by atoms with van der Waals surface area (Å²) in [5.41, 5.74) is 7.52. The molecule has 0 saturated carbocycles. The van der Waals surface area contributed by atoms with Gasteiger partial charge in [0.25, 0.3) is 0 Å². The summed E-state index contributed by atoms with van der Waals surface area (Å²) in [7, 11) is 1.49. The first-order valence-electron chi connectivity index (χ1n) is 8.57. The summed E-state index contributed by atoms with van der Waals surface area (Å²) in [5, 5.41) is 10.7. The molecule has 140 valence electrons. The van der Waals surface area contributed by atoms with E-state index in [2.05, 4.69) is 14.9 Å². The van der Waals surface area contributed by atoms with Crippen LogP contribution in [0.3, 0.4) is 0 Å². The van der Waals surface area contributed by atoms with Crippen molar-refractivity contribution in [3.63, 3.8) is 0 Å². The lowest BCUT2D eigenvalue weighted by Gasteiger charge is -2.31. The lowest BCUT2D eigenvalue weighted by Crippen LogP contribution is -2.32. The predicted octanol–water partition coefficient (Wildman–Crippen LogP) is 2.96. The van der Waals surface area contributed by atoms with E-state index < -0.39 is 0 Å². The van der Waals surface area contributed by atoms with Gasteiger partial charge in [-0.1, -0.05) is 18.5 Å². The molecule has 1 fully saturated rings. The molecule has 0 bridgehead atoms. The van der Waals surface area contributed by atoms with E-state index >= 15 is 0 Å². The van der Waals surface area contributed by atoms with Gasteiger partial charge in [0.2, 0.25) is 5.95 Å². The van der Waals surface area contributed by atoms with E-state index in [1.807, 2.05) is 13.0 Å². The first kappa shape index (κ1) is 18.5. The van der Waals surface area contributed by atoms with Gasteiger partial charge in [-0.05, 0) is 24.5 Å². The second-order valence-electron chi connectivity index (χ2n) is 6.11. The largest absolute Gasteiger partial charge is 0.504 e. The highest BCUT2D eigenvalue weighted by Crippen LogP contribution is 2.39. The quantitative estimate of drug-likeness (QED) is 0.844. The van der Waals surface area contributed by atoms with Gasteiger partial charge in [-0.2, -0.15) is 4.98 Å². The van der Waals surface area contributed by atoms with Gasteiger partial charge in [-0.3, -0.25) is 0 Å². The molecule has 1 aromatic carbocycles. The van der Waals surface area contributed by atoms with Gasteiger partial charge in [0, 0.05) is 36.0 Å². The van der Waals surface area contributed by atoms with Crippen molar-refractivity contribution >= 4 is 23.4 Å². The predicted molar refractivity (Wildman–Crippen MR) is 101 cm³/mol. The van der Waals surface area contributed by atoms with Gasteiger partial charge < -0.3 is 25.2 Å². The summed E-state index contributed by atoms with van der Waals surface area (Å²) in [5.74, 6) is 1.34. The van der Waals surface area contributed by atoms with Crippen LogP contribution < -0.4 is 15.4 Å². The Morgan fingerprint density at radius 3 is 2.92 bits per heavy atom. The maximum absolute atomic E-state index is 10.2. The van der Waals surface area contributed by atoms with Crippen molar-refractivity contribution in [2.24, 2.45) is 0 Å². The third-order valence-corrected chi connectivity index (χ3v) is 4.76. The molecule has 0 unspecified atom stereocenters. The van der Waals surface area contributed by atoms with Crippen molar-refractivity contribution in [1.82, 2.24) is 9.97 Å². The number of phenolic OH excluding ortho intramolecular Hbond substituents is 1. The van der Waals surface area contributed by atoms with E-state index in [-0.39, 0.29) is 17.7 Å². The molecule has 1 aliphatic heterocycles. The monoisotopic (exact) mass is 378 g/mol. The molecule has 2 heterocycles. The Morgan fingerprint density at radius 2 is 2.19 bits per heavy atom. The van der Waals surface area contributed by atoms with Gasteiger partial charge >= 0.3 is 0 Å². The number of aromatic nitrogens is 2. The fourth-order valence-electron chi connectivity index (χ4n) is 3.12. The molecule has 0 amide bonds. The topological polar surface area (TPSA) is 93.7 Å². The number of ether oxygens (including phenoxy) is 2. The molecular formula is C18H23ClN4O3. The van der Waals surface area contributed by atoms with Gasteiger partial charge in [0.1, 0.15) is 5.82 Å². The van der Waals surface area contributed by atoms with Crippen molar-refractivity contribution in [2.75, 3.05) is 37.5 Å². The Kier molecular flexibility index (Phi) is 5.68. The van der Waals surface area contributed by atoms with Crippen molar-refractivity contribution in [3.05, 3.63) is 34.5 Å². The van der Waals surface area contributed by atoms with Gasteiger partial charge in [0.15, 0.2) is 11.5 Å². The molecule has 3 N–H and O–H groups in total. The first-order chi connectivity index (χ1) is 12.5. The van der Waals surface area contributed by atoms with Crippen LogP contribution in [0.25, 0.3) is 0 Å². The van der Waals surface area contributed by atoms with E-state index in [1.165, 1.54) is 7.11 Å². The number of anilines is 2. The van der Waals surface area contributed by atoms with Crippen LogP contribution in [0, 0.1) is 0 Å². The summed E-state index contributed by atoms with van der Waals surface area (Å²) >= 11 is 6.48. The van der Waals surface area contributed by atoms with E-state index in [0.717, 1.165) is 36.5 Å². The Morgan fingerprint density at radius 1 is 1.38 bits per heavy atom. The molecule has 1 saturated heterocycles. The van der Waals surface area contributed by atoms with Crippen LogP contribution in [0.2, 0.25) is 5.02 Å². The summed E-state index contributed by atoms with van der Waals surface area (Å²) in [6.45, 7) is 3.82. The summed E-state index contributed by atoms with van der Waals surface area (Å²) in [6.07, 6.45) is 1.61. The fraction of sp³-hybridized carbons (Fsp3) is 0.444. The number of aryl methyl sites for hydroxylation is 1. The first-order valence-corrected chi connectivity index (χ1v) is 8.95.